The highest BCUT2D eigenvalue weighted by molar-refractivity contribution is 5.75. The molecule has 304 valence electrons. The Morgan fingerprint density at radius 1 is 0.768 bits per heavy atom. The van der Waals surface area contributed by atoms with E-state index in [-0.39, 0.29) is 48.7 Å². The van der Waals surface area contributed by atoms with Gasteiger partial charge in [-0.2, -0.15) is 26.3 Å². The van der Waals surface area contributed by atoms with Crippen LogP contribution in [0.2, 0.25) is 0 Å². The Morgan fingerprint density at radius 3 is 1.93 bits per heavy atom. The molecule has 0 spiro atoms. The molecule has 0 saturated heterocycles. The molecule has 0 amide bonds. The van der Waals surface area contributed by atoms with Crippen molar-refractivity contribution in [1.29, 1.82) is 0 Å². The van der Waals surface area contributed by atoms with Crippen molar-refractivity contribution in [2.45, 2.75) is 90.8 Å². The van der Waals surface area contributed by atoms with E-state index in [0.717, 1.165) is 17.7 Å². The summed E-state index contributed by atoms with van der Waals surface area (Å²) >= 11 is 0. The third-order valence-electron chi connectivity index (χ3n) is 7.98. The van der Waals surface area contributed by atoms with Gasteiger partial charge in [-0.15, -0.1) is 13.2 Å². The second kappa shape index (κ2) is 17.3. The Morgan fingerprint density at radius 2 is 1.39 bits per heavy atom. The smallest absolute Gasteiger partial charge is 0.496 e. The summed E-state index contributed by atoms with van der Waals surface area (Å²) in [5.41, 5.74) is -2.51. The van der Waals surface area contributed by atoms with Gasteiger partial charge in [0.15, 0.2) is 5.75 Å². The molecule has 0 radical (unpaired) electrons. The summed E-state index contributed by atoms with van der Waals surface area (Å²) in [6, 6.07) is 9.81. The maximum Gasteiger partial charge on any atom is 0.573 e. The van der Waals surface area contributed by atoms with Crippen LogP contribution >= 0.6 is 0 Å². The van der Waals surface area contributed by atoms with Crippen molar-refractivity contribution in [2.75, 3.05) is 18.6 Å². The van der Waals surface area contributed by atoms with Gasteiger partial charge in [0.05, 0.1) is 37.2 Å². The van der Waals surface area contributed by atoms with Crippen LogP contribution in [0.3, 0.4) is 0 Å². The zero-order chi connectivity index (χ0) is 41.6. The zero-order valence-corrected chi connectivity index (χ0v) is 31.2. The van der Waals surface area contributed by atoms with E-state index in [1.807, 2.05) is 13.8 Å². The van der Waals surface area contributed by atoms with Gasteiger partial charge in [-0.05, 0) is 97.8 Å². The molecular formula is C39H40F9N3O5. The molecule has 0 saturated carbocycles. The number of ether oxygens (including phenoxy) is 4. The molecule has 4 rings (SSSR count). The lowest BCUT2D eigenvalue weighted by molar-refractivity contribution is -0.274. The van der Waals surface area contributed by atoms with E-state index in [2.05, 4.69) is 14.7 Å². The van der Waals surface area contributed by atoms with Crippen molar-refractivity contribution in [3.05, 3.63) is 94.8 Å². The molecule has 3 aromatic carbocycles. The van der Waals surface area contributed by atoms with Gasteiger partial charge in [0.2, 0.25) is 5.95 Å². The van der Waals surface area contributed by atoms with Crippen molar-refractivity contribution < 1.29 is 63.3 Å². The first-order valence-electron chi connectivity index (χ1n) is 17.2. The van der Waals surface area contributed by atoms with Gasteiger partial charge >= 0.3 is 24.7 Å². The predicted octanol–water partition coefficient (Wildman–Crippen LogP) is 10.9. The molecule has 0 fully saturated rings. The fraction of sp³-hybridized carbons (Fsp3) is 0.410. The first-order chi connectivity index (χ1) is 25.9. The Kier molecular flexibility index (Phi) is 13.4. The minimum atomic E-state index is -5.14. The van der Waals surface area contributed by atoms with E-state index in [4.69, 9.17) is 14.2 Å². The summed E-state index contributed by atoms with van der Waals surface area (Å²) in [4.78, 5) is 21.7. The third kappa shape index (κ3) is 12.7. The maximum atomic E-state index is 13.9. The number of carbonyl (C=O) groups excluding carboxylic acids is 1. The molecule has 4 aromatic rings. The Bertz CT molecular complexity index is 1920. The molecule has 1 aromatic heterocycles. The molecule has 17 heteroatoms. The second-order valence-electron chi connectivity index (χ2n) is 14.0. The van der Waals surface area contributed by atoms with E-state index < -0.39 is 65.8 Å². The van der Waals surface area contributed by atoms with Gasteiger partial charge in [-0.1, -0.05) is 26.0 Å². The molecule has 56 heavy (non-hydrogen) atoms. The fourth-order valence-corrected chi connectivity index (χ4v) is 5.54. The molecule has 0 N–H and O–H groups in total. The number of alkyl halides is 9. The van der Waals surface area contributed by atoms with Crippen LogP contribution in [0.4, 0.5) is 45.5 Å². The van der Waals surface area contributed by atoms with E-state index in [1.54, 1.807) is 39.0 Å². The summed E-state index contributed by atoms with van der Waals surface area (Å²) in [5, 5.41) is 0. The Labute approximate surface area is 317 Å². The summed E-state index contributed by atoms with van der Waals surface area (Å²) in [7, 11) is 1.39. The van der Waals surface area contributed by atoms with Crippen molar-refractivity contribution in [3.63, 3.8) is 0 Å². The number of carbonyl (C=O) groups is 1. The van der Waals surface area contributed by atoms with E-state index in [1.165, 1.54) is 30.5 Å². The SMILES string of the molecule is COc1ccc(C(C)C)cc1-c1ccc(OC(F)(F)F)cc1CN(Cc1cc(C(F)(F)F)cc(C(F)(F)F)c1)c1ncc(OCCCC(=O)OC(C)(C)C)cn1. The van der Waals surface area contributed by atoms with Gasteiger partial charge in [0.25, 0.3) is 0 Å². The number of hydrogen-bond acceptors (Lipinski definition) is 8. The van der Waals surface area contributed by atoms with Crippen LogP contribution in [0.25, 0.3) is 11.1 Å². The van der Waals surface area contributed by atoms with E-state index >= 15 is 0 Å². The normalized spacial score (nSPS) is 12.4. The third-order valence-corrected chi connectivity index (χ3v) is 7.98. The summed E-state index contributed by atoms with van der Waals surface area (Å²) < 4.78 is 144. The molecular weight excluding hydrogens is 761 g/mol. The molecule has 1 heterocycles. The molecule has 0 aliphatic carbocycles. The highest BCUT2D eigenvalue weighted by Crippen LogP contribution is 2.40. The summed E-state index contributed by atoms with van der Waals surface area (Å²) in [6.07, 6.45) is -12.7. The minimum Gasteiger partial charge on any atom is -0.496 e. The van der Waals surface area contributed by atoms with Crippen molar-refractivity contribution in [1.82, 2.24) is 9.97 Å². The number of methoxy groups -OCH3 is 1. The Hall–Kier alpha value is -5.22. The lowest BCUT2D eigenvalue weighted by Gasteiger charge is -2.26. The molecule has 0 atom stereocenters. The quantitative estimate of drug-likeness (QED) is 0.0708. The lowest BCUT2D eigenvalue weighted by atomic mass is 9.93. The van der Waals surface area contributed by atoms with Gasteiger partial charge in [0, 0.05) is 25.1 Å². The number of anilines is 1. The van der Waals surface area contributed by atoms with Crippen LogP contribution in [-0.4, -0.2) is 41.6 Å². The predicted molar refractivity (Wildman–Crippen MR) is 188 cm³/mol. The molecule has 0 aliphatic rings. The number of hydrogen-bond donors (Lipinski definition) is 0. The van der Waals surface area contributed by atoms with E-state index in [0.29, 0.717) is 29.0 Å². The topological polar surface area (TPSA) is 83.0 Å². The van der Waals surface area contributed by atoms with Crippen molar-refractivity contribution in [3.8, 4) is 28.4 Å². The highest BCUT2D eigenvalue weighted by atomic mass is 19.4. The number of esters is 1. The number of benzene rings is 3. The average Bonchev–Trinajstić information content (AvgIpc) is 3.07. The number of aromatic nitrogens is 2. The standard InChI is InChI=1S/C39H40F9N3O5/c1-23(2)25-9-12-33(53-6)32(17-25)31-11-10-29(55-39(46,47)48)16-26(31)22-51(21-24-14-27(37(40,41)42)18-28(15-24)38(43,44)45)35-49-19-30(20-50-35)54-13-7-8-34(52)56-36(3,4)5/h9-12,14-20,23H,7-8,13,21-22H2,1-6H3. The number of rotatable bonds is 14. The summed E-state index contributed by atoms with van der Waals surface area (Å²) in [5.74, 6) is -0.818. The van der Waals surface area contributed by atoms with Crippen LogP contribution in [-0.2, 0) is 35.0 Å². The Balaban J connectivity index is 1.80. The van der Waals surface area contributed by atoms with Crippen molar-refractivity contribution >= 4 is 11.9 Å². The van der Waals surface area contributed by atoms with Crippen LogP contribution < -0.4 is 19.1 Å². The number of halogens is 9. The van der Waals surface area contributed by atoms with Crippen LogP contribution in [0.5, 0.6) is 17.2 Å². The highest BCUT2D eigenvalue weighted by Gasteiger charge is 2.37. The first kappa shape index (κ1) is 43.5. The first-order valence-corrected chi connectivity index (χ1v) is 17.2. The fourth-order valence-electron chi connectivity index (χ4n) is 5.54. The lowest BCUT2D eigenvalue weighted by Crippen LogP contribution is -2.25. The van der Waals surface area contributed by atoms with Crippen LogP contribution in [0.1, 0.15) is 81.2 Å². The van der Waals surface area contributed by atoms with Gasteiger partial charge in [0.1, 0.15) is 17.1 Å². The second-order valence-corrected chi connectivity index (χ2v) is 14.0. The molecule has 0 unspecified atom stereocenters. The van der Waals surface area contributed by atoms with Crippen LogP contribution in [0.15, 0.2) is 67.0 Å². The van der Waals surface area contributed by atoms with Gasteiger partial charge in [-0.3, -0.25) is 4.79 Å². The number of nitrogens with zero attached hydrogens (tertiary/aromatic N) is 3. The van der Waals surface area contributed by atoms with Crippen LogP contribution in [0, 0.1) is 0 Å². The molecule has 8 nitrogen and oxygen atoms in total. The molecule has 0 aliphatic heterocycles. The summed E-state index contributed by atoms with van der Waals surface area (Å²) in [6.45, 7) is 7.96. The monoisotopic (exact) mass is 801 g/mol. The largest absolute Gasteiger partial charge is 0.573 e. The van der Waals surface area contributed by atoms with Gasteiger partial charge < -0.3 is 23.8 Å². The molecule has 0 bridgehead atoms. The average molecular weight is 802 g/mol. The maximum absolute atomic E-state index is 13.9. The van der Waals surface area contributed by atoms with Gasteiger partial charge in [-0.25, -0.2) is 9.97 Å². The van der Waals surface area contributed by atoms with E-state index in [9.17, 15) is 44.3 Å². The van der Waals surface area contributed by atoms with Crippen molar-refractivity contribution in [2.24, 2.45) is 0 Å². The minimum absolute atomic E-state index is 0.0106. The zero-order valence-electron chi connectivity index (χ0n) is 31.2.